The van der Waals surface area contributed by atoms with Crippen molar-refractivity contribution in [2.75, 3.05) is 13.1 Å². The first-order chi connectivity index (χ1) is 8.08. The standard InChI is InChI=1S/C12H17BrN2OS.ClH/c1-8(14)9-2-4-15(5-3-9)12(16)11-6-10(13)7-17-11;/h6-9H,2-5,14H2,1H3;1H. The van der Waals surface area contributed by atoms with Crippen LogP contribution in [0.3, 0.4) is 0 Å². The van der Waals surface area contributed by atoms with Crippen LogP contribution in [0.2, 0.25) is 0 Å². The second-order valence-electron chi connectivity index (χ2n) is 4.62. The van der Waals surface area contributed by atoms with E-state index in [0.29, 0.717) is 5.92 Å². The van der Waals surface area contributed by atoms with Crippen LogP contribution >= 0.6 is 39.7 Å². The molecule has 0 aromatic carbocycles. The van der Waals surface area contributed by atoms with E-state index in [1.165, 1.54) is 11.3 Å². The first-order valence-corrected chi connectivity index (χ1v) is 7.54. The molecular formula is C12H18BrClN2OS. The van der Waals surface area contributed by atoms with E-state index in [2.05, 4.69) is 22.9 Å². The number of likely N-dealkylation sites (tertiary alicyclic amines) is 1. The molecule has 2 rings (SSSR count). The summed E-state index contributed by atoms with van der Waals surface area (Å²) in [5.74, 6) is 0.720. The molecule has 0 radical (unpaired) electrons. The van der Waals surface area contributed by atoms with E-state index in [4.69, 9.17) is 5.73 Å². The number of hydrogen-bond donors (Lipinski definition) is 1. The third-order valence-corrected chi connectivity index (χ3v) is 5.03. The molecule has 1 atom stereocenters. The number of carbonyl (C=O) groups excluding carboxylic acids is 1. The van der Waals surface area contributed by atoms with E-state index >= 15 is 0 Å². The average molecular weight is 354 g/mol. The van der Waals surface area contributed by atoms with Crippen LogP contribution in [0.1, 0.15) is 29.4 Å². The lowest BCUT2D eigenvalue weighted by molar-refractivity contribution is 0.0686. The molecule has 1 aromatic heterocycles. The highest BCUT2D eigenvalue weighted by molar-refractivity contribution is 9.10. The van der Waals surface area contributed by atoms with Crippen molar-refractivity contribution in [3.05, 3.63) is 20.8 Å². The Balaban J connectivity index is 0.00000162. The summed E-state index contributed by atoms with van der Waals surface area (Å²) in [6.45, 7) is 3.72. The minimum Gasteiger partial charge on any atom is -0.338 e. The molecule has 2 heterocycles. The maximum absolute atomic E-state index is 12.2. The summed E-state index contributed by atoms with van der Waals surface area (Å²) in [7, 11) is 0. The lowest BCUT2D eigenvalue weighted by atomic mass is 9.91. The molecule has 3 nitrogen and oxygen atoms in total. The SMILES string of the molecule is CC(N)C1CCN(C(=O)c2cc(Br)cs2)CC1.Cl. The Hall–Kier alpha value is -0.100. The van der Waals surface area contributed by atoms with E-state index < -0.39 is 0 Å². The van der Waals surface area contributed by atoms with Crippen molar-refractivity contribution in [2.24, 2.45) is 11.7 Å². The topological polar surface area (TPSA) is 46.3 Å². The maximum Gasteiger partial charge on any atom is 0.263 e. The van der Waals surface area contributed by atoms with E-state index in [1.807, 2.05) is 16.3 Å². The van der Waals surface area contributed by atoms with E-state index in [0.717, 1.165) is 35.3 Å². The van der Waals surface area contributed by atoms with Crippen LogP contribution in [0, 0.1) is 5.92 Å². The third kappa shape index (κ3) is 3.70. The van der Waals surface area contributed by atoms with Gasteiger partial charge in [0.25, 0.3) is 5.91 Å². The predicted octanol–water partition coefficient (Wildman–Crippen LogP) is 3.13. The monoisotopic (exact) mass is 352 g/mol. The molecule has 1 amide bonds. The second kappa shape index (κ2) is 6.89. The zero-order valence-electron chi connectivity index (χ0n) is 10.3. The number of amides is 1. The van der Waals surface area contributed by atoms with Gasteiger partial charge in [-0.1, -0.05) is 0 Å². The Morgan fingerprint density at radius 2 is 2.17 bits per heavy atom. The van der Waals surface area contributed by atoms with Gasteiger partial charge in [0, 0.05) is 29.0 Å². The highest BCUT2D eigenvalue weighted by Crippen LogP contribution is 2.25. The van der Waals surface area contributed by atoms with Gasteiger partial charge in [-0.25, -0.2) is 0 Å². The van der Waals surface area contributed by atoms with Gasteiger partial charge in [-0.2, -0.15) is 0 Å². The second-order valence-corrected chi connectivity index (χ2v) is 6.44. The molecule has 0 aliphatic carbocycles. The normalized spacial score (nSPS) is 18.3. The molecule has 1 fully saturated rings. The van der Waals surface area contributed by atoms with Crippen molar-refractivity contribution in [2.45, 2.75) is 25.8 Å². The molecule has 0 bridgehead atoms. The Kier molecular flexibility index (Phi) is 6.11. The fraction of sp³-hybridized carbons (Fsp3) is 0.583. The van der Waals surface area contributed by atoms with Crippen LogP contribution in [0.15, 0.2) is 15.9 Å². The number of rotatable bonds is 2. The Morgan fingerprint density at radius 3 is 2.61 bits per heavy atom. The zero-order valence-corrected chi connectivity index (χ0v) is 13.5. The van der Waals surface area contributed by atoms with Gasteiger partial charge < -0.3 is 10.6 Å². The number of hydrogen-bond acceptors (Lipinski definition) is 3. The summed E-state index contributed by atoms with van der Waals surface area (Å²) in [5, 5.41) is 1.95. The molecule has 1 aliphatic rings. The molecule has 102 valence electrons. The lowest BCUT2D eigenvalue weighted by Crippen LogP contribution is -2.42. The highest BCUT2D eigenvalue weighted by Gasteiger charge is 2.25. The van der Waals surface area contributed by atoms with Crippen molar-refractivity contribution >= 4 is 45.6 Å². The van der Waals surface area contributed by atoms with Crippen LogP contribution in [0.25, 0.3) is 0 Å². The summed E-state index contributed by atoms with van der Waals surface area (Å²) in [6.07, 6.45) is 2.05. The molecule has 0 saturated carbocycles. The van der Waals surface area contributed by atoms with Crippen LogP contribution in [-0.4, -0.2) is 29.9 Å². The third-order valence-electron chi connectivity index (χ3n) is 3.35. The van der Waals surface area contributed by atoms with E-state index in [-0.39, 0.29) is 24.4 Å². The first-order valence-electron chi connectivity index (χ1n) is 5.87. The van der Waals surface area contributed by atoms with Gasteiger partial charge in [-0.3, -0.25) is 4.79 Å². The Morgan fingerprint density at radius 1 is 1.56 bits per heavy atom. The van der Waals surface area contributed by atoms with Gasteiger partial charge >= 0.3 is 0 Å². The maximum atomic E-state index is 12.2. The van der Waals surface area contributed by atoms with Crippen LogP contribution in [0.5, 0.6) is 0 Å². The van der Waals surface area contributed by atoms with E-state index in [1.54, 1.807) is 0 Å². The van der Waals surface area contributed by atoms with Crippen molar-refractivity contribution in [3.8, 4) is 0 Å². The van der Waals surface area contributed by atoms with Crippen molar-refractivity contribution in [1.82, 2.24) is 4.90 Å². The highest BCUT2D eigenvalue weighted by atomic mass is 79.9. The zero-order chi connectivity index (χ0) is 12.4. The number of thiophene rings is 1. The number of piperidine rings is 1. The van der Waals surface area contributed by atoms with Gasteiger partial charge in [0.15, 0.2) is 0 Å². The summed E-state index contributed by atoms with van der Waals surface area (Å²) >= 11 is 4.87. The molecule has 1 aliphatic heterocycles. The molecule has 18 heavy (non-hydrogen) atoms. The summed E-state index contributed by atoms with van der Waals surface area (Å²) in [4.78, 5) is 14.9. The average Bonchev–Trinajstić information content (AvgIpc) is 2.75. The number of nitrogens with two attached hydrogens (primary N) is 1. The minimum absolute atomic E-state index is 0. The number of halogens is 2. The molecule has 0 spiro atoms. The first kappa shape index (κ1) is 16.0. The summed E-state index contributed by atoms with van der Waals surface area (Å²) in [6, 6.07) is 2.13. The lowest BCUT2D eigenvalue weighted by Gasteiger charge is -2.33. The van der Waals surface area contributed by atoms with Gasteiger partial charge in [0.2, 0.25) is 0 Å². The molecule has 1 aromatic rings. The fourth-order valence-corrected chi connectivity index (χ4v) is 3.60. The van der Waals surface area contributed by atoms with E-state index in [9.17, 15) is 4.79 Å². The summed E-state index contributed by atoms with van der Waals surface area (Å²) < 4.78 is 0.983. The molecule has 6 heteroatoms. The molecular weight excluding hydrogens is 336 g/mol. The van der Waals surface area contributed by atoms with Crippen molar-refractivity contribution in [1.29, 1.82) is 0 Å². The van der Waals surface area contributed by atoms with Gasteiger partial charge in [-0.05, 0) is 47.7 Å². The van der Waals surface area contributed by atoms with Crippen LogP contribution < -0.4 is 5.73 Å². The fourth-order valence-electron chi connectivity index (χ4n) is 2.21. The van der Waals surface area contributed by atoms with Gasteiger partial charge in [-0.15, -0.1) is 23.7 Å². The summed E-state index contributed by atoms with van der Waals surface area (Å²) in [5.41, 5.74) is 5.90. The number of carbonyl (C=O) groups is 1. The largest absolute Gasteiger partial charge is 0.338 e. The smallest absolute Gasteiger partial charge is 0.263 e. The molecule has 1 saturated heterocycles. The predicted molar refractivity (Wildman–Crippen MR) is 81.5 cm³/mol. The van der Waals surface area contributed by atoms with Crippen molar-refractivity contribution in [3.63, 3.8) is 0 Å². The Labute approximate surface area is 126 Å². The van der Waals surface area contributed by atoms with Gasteiger partial charge in [0.1, 0.15) is 0 Å². The Bertz CT molecular complexity index is 403. The van der Waals surface area contributed by atoms with Gasteiger partial charge in [0.05, 0.1) is 4.88 Å². The molecule has 1 unspecified atom stereocenters. The minimum atomic E-state index is 0. The molecule has 2 N–H and O–H groups in total. The number of nitrogens with zero attached hydrogens (tertiary/aromatic N) is 1. The quantitative estimate of drug-likeness (QED) is 0.888. The van der Waals surface area contributed by atoms with Crippen LogP contribution in [0.4, 0.5) is 0 Å². The van der Waals surface area contributed by atoms with Crippen LogP contribution in [-0.2, 0) is 0 Å². The van der Waals surface area contributed by atoms with Crippen molar-refractivity contribution < 1.29 is 4.79 Å².